The molecule has 4 heteroatoms. The molecule has 1 rings (SSSR count). The number of nitrogens with zero attached hydrogens (tertiary/aromatic N) is 1. The second-order valence-corrected chi connectivity index (χ2v) is 2.61. The molecule has 0 aliphatic carbocycles. The van der Waals surface area contributed by atoms with Crippen LogP contribution in [0.3, 0.4) is 0 Å². The second kappa shape index (κ2) is 4.97. The summed E-state index contributed by atoms with van der Waals surface area (Å²) in [5.74, 6) is 3.28. The largest absolute Gasteiger partial charge is 0.492 e. The average Bonchev–Trinajstić information content (AvgIpc) is 2.17. The molecule has 0 saturated heterocycles. The molecule has 2 nitrogen and oxygen atoms in total. The Hall–Kier alpha value is -2.07. The summed E-state index contributed by atoms with van der Waals surface area (Å²) in [6.45, 7) is 0. The molecule has 1 aromatic carbocycles. The predicted octanol–water partition coefficient (Wildman–Crippen LogP) is 2.24. The van der Waals surface area contributed by atoms with Crippen molar-refractivity contribution in [2.24, 2.45) is 0 Å². The summed E-state index contributed by atoms with van der Waals surface area (Å²) >= 11 is 0. The van der Waals surface area contributed by atoms with Crippen LogP contribution in [0.4, 0.5) is 8.78 Å². The Morgan fingerprint density at radius 2 is 2.13 bits per heavy atom. The third-order valence-electron chi connectivity index (χ3n) is 1.60. The van der Waals surface area contributed by atoms with Crippen molar-refractivity contribution in [2.75, 3.05) is 7.11 Å². The van der Waals surface area contributed by atoms with Crippen molar-refractivity contribution < 1.29 is 13.5 Å². The first-order chi connectivity index (χ1) is 7.19. The third-order valence-corrected chi connectivity index (χ3v) is 1.60. The van der Waals surface area contributed by atoms with E-state index in [4.69, 9.17) is 10.00 Å². The molecule has 0 fully saturated rings. The van der Waals surface area contributed by atoms with E-state index in [2.05, 4.69) is 11.8 Å². The second-order valence-electron chi connectivity index (χ2n) is 2.61. The molecule has 0 aliphatic heterocycles. The van der Waals surface area contributed by atoms with Crippen molar-refractivity contribution >= 4 is 0 Å². The topological polar surface area (TPSA) is 33.0 Å². The quantitative estimate of drug-likeness (QED) is 0.661. The monoisotopic (exact) mass is 207 g/mol. The summed E-state index contributed by atoms with van der Waals surface area (Å²) in [7, 11) is 1.27. The number of benzene rings is 1. The minimum atomic E-state index is -0.807. The summed E-state index contributed by atoms with van der Waals surface area (Å²) < 4.78 is 30.7. The molecule has 0 atom stereocenters. The zero-order valence-electron chi connectivity index (χ0n) is 7.97. The Labute approximate surface area is 86.1 Å². The zero-order chi connectivity index (χ0) is 11.3. The van der Waals surface area contributed by atoms with Crippen LogP contribution in [-0.4, -0.2) is 7.11 Å². The molecule has 0 spiro atoms. The Morgan fingerprint density at radius 3 is 2.73 bits per heavy atom. The van der Waals surface area contributed by atoms with E-state index in [-0.39, 0.29) is 17.7 Å². The van der Waals surface area contributed by atoms with E-state index in [0.29, 0.717) is 6.07 Å². The summed E-state index contributed by atoms with van der Waals surface area (Å²) in [5.41, 5.74) is 0.102. The highest BCUT2D eigenvalue weighted by atomic mass is 19.1. The number of nitriles is 1. The van der Waals surface area contributed by atoms with E-state index < -0.39 is 11.6 Å². The molecule has 1 aromatic rings. The van der Waals surface area contributed by atoms with Crippen LogP contribution in [0.15, 0.2) is 12.1 Å². The molecule has 0 aromatic heterocycles. The van der Waals surface area contributed by atoms with Crippen LogP contribution < -0.4 is 4.74 Å². The Bertz CT molecular complexity index is 466. The van der Waals surface area contributed by atoms with Crippen LogP contribution in [0.2, 0.25) is 0 Å². The molecular weight excluding hydrogens is 200 g/mol. The van der Waals surface area contributed by atoms with Crippen LogP contribution in [0.5, 0.6) is 5.75 Å². The molecule has 0 bridgehead atoms. The first-order valence-electron chi connectivity index (χ1n) is 4.08. The minimum Gasteiger partial charge on any atom is -0.492 e. The van der Waals surface area contributed by atoms with E-state index in [0.717, 1.165) is 6.07 Å². The predicted molar refractivity (Wildman–Crippen MR) is 50.0 cm³/mol. The van der Waals surface area contributed by atoms with Crippen molar-refractivity contribution in [3.05, 3.63) is 29.3 Å². The number of rotatable bonds is 1. The Morgan fingerprint density at radius 1 is 1.40 bits per heavy atom. The summed E-state index contributed by atoms with van der Waals surface area (Å²) in [6.07, 6.45) is 0.00128. The first kappa shape index (κ1) is 11.0. The van der Waals surface area contributed by atoms with Gasteiger partial charge in [0.25, 0.3) is 0 Å². The summed E-state index contributed by atoms with van der Waals surface area (Å²) in [4.78, 5) is 0. The van der Waals surface area contributed by atoms with Gasteiger partial charge in [-0.05, 0) is 6.07 Å². The lowest BCUT2D eigenvalue weighted by Crippen LogP contribution is -1.93. The van der Waals surface area contributed by atoms with Crippen LogP contribution >= 0.6 is 0 Å². The van der Waals surface area contributed by atoms with Gasteiger partial charge in [0.15, 0.2) is 11.6 Å². The van der Waals surface area contributed by atoms with E-state index in [1.165, 1.54) is 7.11 Å². The number of ether oxygens (including phenoxy) is 1. The van der Waals surface area contributed by atoms with E-state index in [1.54, 1.807) is 6.07 Å². The van der Waals surface area contributed by atoms with Gasteiger partial charge >= 0.3 is 0 Å². The molecule has 76 valence electrons. The SMILES string of the molecule is COc1c(F)cc(F)cc1C#CCC#N. The van der Waals surface area contributed by atoms with Crippen LogP contribution in [0.1, 0.15) is 12.0 Å². The normalized spacial score (nSPS) is 8.67. The highest BCUT2D eigenvalue weighted by molar-refractivity contribution is 5.47. The lowest BCUT2D eigenvalue weighted by molar-refractivity contribution is 0.383. The molecular formula is C11H7F2NO. The van der Waals surface area contributed by atoms with Gasteiger partial charge in [-0.3, -0.25) is 0 Å². The summed E-state index contributed by atoms with van der Waals surface area (Å²) in [5, 5.41) is 8.25. The van der Waals surface area contributed by atoms with E-state index in [9.17, 15) is 8.78 Å². The van der Waals surface area contributed by atoms with Crippen LogP contribution in [0, 0.1) is 34.8 Å². The third kappa shape index (κ3) is 2.69. The molecule has 0 heterocycles. The fraction of sp³-hybridized carbons (Fsp3) is 0.182. The lowest BCUT2D eigenvalue weighted by atomic mass is 10.2. The number of hydrogen-bond acceptors (Lipinski definition) is 2. The van der Waals surface area contributed by atoms with Gasteiger partial charge in [-0.1, -0.05) is 11.8 Å². The smallest absolute Gasteiger partial charge is 0.170 e. The lowest BCUT2D eigenvalue weighted by Gasteiger charge is -2.04. The summed E-state index contributed by atoms with van der Waals surface area (Å²) in [6, 6.07) is 3.58. The number of halogens is 2. The molecule has 0 saturated carbocycles. The maximum absolute atomic E-state index is 13.1. The Balaban J connectivity index is 3.18. The highest BCUT2D eigenvalue weighted by Crippen LogP contribution is 2.22. The maximum atomic E-state index is 13.1. The molecule has 15 heavy (non-hydrogen) atoms. The number of hydrogen-bond donors (Lipinski definition) is 0. The van der Waals surface area contributed by atoms with E-state index >= 15 is 0 Å². The van der Waals surface area contributed by atoms with Gasteiger partial charge in [0.2, 0.25) is 0 Å². The molecule has 0 amide bonds. The minimum absolute atomic E-state index is 0.00128. The van der Waals surface area contributed by atoms with Crippen molar-refractivity contribution in [2.45, 2.75) is 6.42 Å². The van der Waals surface area contributed by atoms with Crippen molar-refractivity contribution in [1.82, 2.24) is 0 Å². The van der Waals surface area contributed by atoms with Gasteiger partial charge in [0.1, 0.15) is 5.82 Å². The van der Waals surface area contributed by atoms with E-state index in [1.807, 2.05) is 0 Å². The van der Waals surface area contributed by atoms with Crippen molar-refractivity contribution in [3.8, 4) is 23.7 Å². The van der Waals surface area contributed by atoms with Crippen molar-refractivity contribution in [1.29, 1.82) is 5.26 Å². The molecule has 0 unspecified atom stereocenters. The molecule has 0 N–H and O–H groups in total. The zero-order valence-corrected chi connectivity index (χ0v) is 7.97. The fourth-order valence-electron chi connectivity index (χ4n) is 1.04. The van der Waals surface area contributed by atoms with Crippen LogP contribution in [0.25, 0.3) is 0 Å². The van der Waals surface area contributed by atoms with Gasteiger partial charge < -0.3 is 4.74 Å². The molecule has 0 aliphatic rings. The van der Waals surface area contributed by atoms with Gasteiger partial charge in [0.05, 0.1) is 25.2 Å². The Kier molecular flexibility index (Phi) is 3.65. The van der Waals surface area contributed by atoms with Gasteiger partial charge in [-0.15, -0.1) is 0 Å². The standard InChI is InChI=1S/C11H7F2NO/c1-15-11-8(4-2-3-5-14)6-9(12)7-10(11)13/h6-7H,3H2,1H3. The maximum Gasteiger partial charge on any atom is 0.170 e. The van der Waals surface area contributed by atoms with Gasteiger partial charge in [-0.25, -0.2) is 8.78 Å². The van der Waals surface area contributed by atoms with Crippen molar-refractivity contribution in [3.63, 3.8) is 0 Å². The fourth-order valence-corrected chi connectivity index (χ4v) is 1.04. The van der Waals surface area contributed by atoms with Crippen LogP contribution in [-0.2, 0) is 0 Å². The van der Waals surface area contributed by atoms with Gasteiger partial charge in [-0.2, -0.15) is 5.26 Å². The molecule has 0 radical (unpaired) electrons. The highest BCUT2D eigenvalue weighted by Gasteiger charge is 2.09. The average molecular weight is 207 g/mol. The first-order valence-corrected chi connectivity index (χ1v) is 4.08. The number of methoxy groups -OCH3 is 1. The van der Waals surface area contributed by atoms with Gasteiger partial charge in [0, 0.05) is 6.07 Å².